The van der Waals surface area contributed by atoms with Gasteiger partial charge in [-0.05, 0) is 23.8 Å². The SMILES string of the molecule is CC(=O)Nc1cccc(NCCC(=O)NCc2ccccc2)c1. The van der Waals surface area contributed by atoms with Crippen LogP contribution in [0.4, 0.5) is 11.4 Å². The number of nitrogens with one attached hydrogen (secondary N) is 3. The van der Waals surface area contributed by atoms with Crippen LogP contribution in [0.1, 0.15) is 18.9 Å². The molecule has 0 aromatic heterocycles. The lowest BCUT2D eigenvalue weighted by Crippen LogP contribution is -2.24. The summed E-state index contributed by atoms with van der Waals surface area (Å²) in [5, 5.41) is 8.79. The van der Waals surface area contributed by atoms with E-state index in [0.29, 0.717) is 19.5 Å². The summed E-state index contributed by atoms with van der Waals surface area (Å²) in [6.45, 7) is 2.54. The van der Waals surface area contributed by atoms with Gasteiger partial charge in [-0.1, -0.05) is 36.4 Å². The number of anilines is 2. The first kappa shape index (κ1) is 16.5. The third-order valence-corrected chi connectivity index (χ3v) is 3.20. The molecule has 0 fully saturated rings. The summed E-state index contributed by atoms with van der Waals surface area (Å²) >= 11 is 0. The largest absolute Gasteiger partial charge is 0.384 e. The second-order valence-corrected chi connectivity index (χ2v) is 5.20. The van der Waals surface area contributed by atoms with E-state index in [-0.39, 0.29) is 11.8 Å². The molecule has 0 aliphatic heterocycles. The summed E-state index contributed by atoms with van der Waals surface area (Å²) in [7, 11) is 0. The van der Waals surface area contributed by atoms with E-state index in [2.05, 4.69) is 16.0 Å². The molecule has 0 aliphatic rings. The monoisotopic (exact) mass is 311 g/mol. The number of carbonyl (C=O) groups is 2. The molecule has 2 aromatic rings. The van der Waals surface area contributed by atoms with Crippen molar-refractivity contribution in [3.63, 3.8) is 0 Å². The number of hydrogen-bond acceptors (Lipinski definition) is 3. The summed E-state index contributed by atoms with van der Waals surface area (Å²) in [4.78, 5) is 22.8. The van der Waals surface area contributed by atoms with Gasteiger partial charge in [-0.3, -0.25) is 9.59 Å². The maximum absolute atomic E-state index is 11.8. The molecule has 5 heteroatoms. The molecule has 23 heavy (non-hydrogen) atoms. The number of amides is 2. The standard InChI is InChI=1S/C18H21N3O2/c1-14(22)21-17-9-5-8-16(12-17)19-11-10-18(23)20-13-15-6-3-2-4-7-15/h2-9,12,19H,10-11,13H2,1H3,(H,20,23)(H,21,22). The Kier molecular flexibility index (Phi) is 6.17. The number of rotatable bonds is 7. The van der Waals surface area contributed by atoms with E-state index in [1.54, 1.807) is 0 Å². The third kappa shape index (κ3) is 6.22. The van der Waals surface area contributed by atoms with Gasteiger partial charge in [0.1, 0.15) is 0 Å². The second kappa shape index (κ2) is 8.58. The van der Waals surface area contributed by atoms with Crippen LogP contribution in [0.2, 0.25) is 0 Å². The van der Waals surface area contributed by atoms with Gasteiger partial charge < -0.3 is 16.0 Å². The Morgan fingerprint density at radius 1 is 0.957 bits per heavy atom. The molecule has 0 saturated heterocycles. The van der Waals surface area contributed by atoms with Crippen molar-refractivity contribution in [1.82, 2.24) is 5.32 Å². The summed E-state index contributed by atoms with van der Waals surface area (Å²) < 4.78 is 0. The van der Waals surface area contributed by atoms with Crippen LogP contribution >= 0.6 is 0 Å². The van der Waals surface area contributed by atoms with Crippen molar-refractivity contribution in [2.45, 2.75) is 19.9 Å². The van der Waals surface area contributed by atoms with Crippen molar-refractivity contribution < 1.29 is 9.59 Å². The molecule has 2 aromatic carbocycles. The van der Waals surface area contributed by atoms with Crippen LogP contribution in [0.3, 0.4) is 0 Å². The lowest BCUT2D eigenvalue weighted by Gasteiger charge is -2.09. The zero-order valence-corrected chi connectivity index (χ0v) is 13.1. The van der Waals surface area contributed by atoms with Gasteiger partial charge in [-0.15, -0.1) is 0 Å². The highest BCUT2D eigenvalue weighted by Crippen LogP contribution is 2.14. The van der Waals surface area contributed by atoms with Gasteiger partial charge >= 0.3 is 0 Å². The molecular formula is C18H21N3O2. The van der Waals surface area contributed by atoms with Gasteiger partial charge in [-0.25, -0.2) is 0 Å². The first-order chi connectivity index (χ1) is 11.1. The maximum Gasteiger partial charge on any atom is 0.222 e. The maximum atomic E-state index is 11.8. The minimum Gasteiger partial charge on any atom is -0.384 e. The Balaban J connectivity index is 1.72. The molecule has 0 atom stereocenters. The van der Waals surface area contributed by atoms with E-state index >= 15 is 0 Å². The molecule has 0 bridgehead atoms. The predicted octanol–water partition coefficient (Wildman–Crippen LogP) is 2.76. The molecule has 0 saturated carbocycles. The molecule has 0 aliphatic carbocycles. The highest BCUT2D eigenvalue weighted by molar-refractivity contribution is 5.89. The van der Waals surface area contributed by atoms with Crippen molar-refractivity contribution in [3.8, 4) is 0 Å². The van der Waals surface area contributed by atoms with E-state index in [4.69, 9.17) is 0 Å². The van der Waals surface area contributed by atoms with Crippen molar-refractivity contribution in [2.75, 3.05) is 17.2 Å². The van der Waals surface area contributed by atoms with Crippen LogP contribution in [0.5, 0.6) is 0 Å². The van der Waals surface area contributed by atoms with E-state index in [1.165, 1.54) is 6.92 Å². The Morgan fingerprint density at radius 3 is 2.43 bits per heavy atom. The minimum absolute atomic E-state index is 0.000585. The first-order valence-corrected chi connectivity index (χ1v) is 7.55. The molecular weight excluding hydrogens is 290 g/mol. The molecule has 3 N–H and O–H groups in total. The van der Waals surface area contributed by atoms with E-state index in [1.807, 2.05) is 54.6 Å². The molecule has 0 heterocycles. The van der Waals surface area contributed by atoms with Crippen LogP contribution < -0.4 is 16.0 Å². The second-order valence-electron chi connectivity index (χ2n) is 5.20. The molecule has 5 nitrogen and oxygen atoms in total. The molecule has 0 radical (unpaired) electrons. The molecule has 2 rings (SSSR count). The summed E-state index contributed by atoms with van der Waals surface area (Å²) in [5.74, 6) is -0.109. The molecule has 2 amide bonds. The van der Waals surface area contributed by atoms with Crippen molar-refractivity contribution >= 4 is 23.2 Å². The van der Waals surface area contributed by atoms with Crippen LogP contribution in [0.25, 0.3) is 0 Å². The van der Waals surface area contributed by atoms with Crippen molar-refractivity contribution in [3.05, 3.63) is 60.2 Å². The summed E-state index contributed by atoms with van der Waals surface area (Å²) in [6, 6.07) is 17.2. The average molecular weight is 311 g/mol. The lowest BCUT2D eigenvalue weighted by molar-refractivity contribution is -0.121. The van der Waals surface area contributed by atoms with Crippen LogP contribution in [-0.4, -0.2) is 18.4 Å². The normalized spacial score (nSPS) is 9.96. The van der Waals surface area contributed by atoms with E-state index in [9.17, 15) is 9.59 Å². The van der Waals surface area contributed by atoms with Gasteiger partial charge in [0.25, 0.3) is 0 Å². The van der Waals surface area contributed by atoms with Gasteiger partial charge in [0.05, 0.1) is 0 Å². The van der Waals surface area contributed by atoms with E-state index < -0.39 is 0 Å². The van der Waals surface area contributed by atoms with Crippen molar-refractivity contribution in [2.24, 2.45) is 0 Å². The summed E-state index contributed by atoms with van der Waals surface area (Å²) in [6.07, 6.45) is 0.386. The number of benzene rings is 2. The Labute approximate surface area is 136 Å². The van der Waals surface area contributed by atoms with E-state index in [0.717, 1.165) is 16.9 Å². The molecule has 0 unspecified atom stereocenters. The fourth-order valence-corrected chi connectivity index (χ4v) is 2.12. The fourth-order valence-electron chi connectivity index (χ4n) is 2.12. The zero-order valence-electron chi connectivity index (χ0n) is 13.1. The Hall–Kier alpha value is -2.82. The Morgan fingerprint density at radius 2 is 1.70 bits per heavy atom. The predicted molar refractivity (Wildman–Crippen MR) is 92.1 cm³/mol. The van der Waals surface area contributed by atoms with Gasteiger partial charge in [-0.2, -0.15) is 0 Å². The third-order valence-electron chi connectivity index (χ3n) is 3.20. The number of hydrogen-bond donors (Lipinski definition) is 3. The van der Waals surface area contributed by atoms with Gasteiger partial charge in [0.15, 0.2) is 0 Å². The topological polar surface area (TPSA) is 70.2 Å². The first-order valence-electron chi connectivity index (χ1n) is 7.55. The summed E-state index contributed by atoms with van der Waals surface area (Å²) in [5.41, 5.74) is 2.68. The lowest BCUT2D eigenvalue weighted by atomic mass is 10.2. The Bertz CT molecular complexity index is 656. The fraction of sp³-hybridized carbons (Fsp3) is 0.222. The van der Waals surface area contributed by atoms with Crippen LogP contribution in [-0.2, 0) is 16.1 Å². The number of carbonyl (C=O) groups excluding carboxylic acids is 2. The molecule has 0 spiro atoms. The quantitative estimate of drug-likeness (QED) is 0.736. The highest BCUT2D eigenvalue weighted by atomic mass is 16.2. The zero-order chi connectivity index (χ0) is 16.5. The van der Waals surface area contributed by atoms with Gasteiger partial charge in [0.2, 0.25) is 11.8 Å². The molecule has 120 valence electrons. The smallest absolute Gasteiger partial charge is 0.222 e. The van der Waals surface area contributed by atoms with Crippen LogP contribution in [0, 0.1) is 0 Å². The van der Waals surface area contributed by atoms with Crippen LogP contribution in [0.15, 0.2) is 54.6 Å². The average Bonchev–Trinajstić information content (AvgIpc) is 2.54. The van der Waals surface area contributed by atoms with Crippen molar-refractivity contribution in [1.29, 1.82) is 0 Å². The minimum atomic E-state index is -0.109. The van der Waals surface area contributed by atoms with Gasteiger partial charge in [0, 0.05) is 37.8 Å². The highest BCUT2D eigenvalue weighted by Gasteiger charge is 2.02.